The highest BCUT2D eigenvalue weighted by Gasteiger charge is 2.21. The lowest BCUT2D eigenvalue weighted by atomic mass is 10.1. The molecule has 0 heterocycles. The summed E-state index contributed by atoms with van der Waals surface area (Å²) < 4.78 is 24.3. The topological polar surface area (TPSA) is 30.5 Å². The van der Waals surface area contributed by atoms with Crippen LogP contribution in [0.4, 0.5) is 4.39 Å². The number of methoxy groups -OCH3 is 1. The van der Waals surface area contributed by atoms with Crippen LogP contribution in [-0.4, -0.2) is 13.2 Å². The molecule has 2 aromatic rings. The van der Waals surface area contributed by atoms with Gasteiger partial charge in [-0.15, -0.1) is 12.4 Å². The van der Waals surface area contributed by atoms with Gasteiger partial charge in [-0.1, -0.05) is 24.3 Å². The van der Waals surface area contributed by atoms with Crippen molar-refractivity contribution >= 4 is 12.4 Å². The van der Waals surface area contributed by atoms with E-state index in [0.29, 0.717) is 12.6 Å². The molecule has 1 N–H and O–H groups in total. The van der Waals surface area contributed by atoms with Gasteiger partial charge in [-0.2, -0.15) is 0 Å². The predicted molar refractivity (Wildman–Crippen MR) is 90.8 cm³/mol. The Kier molecular flexibility index (Phi) is 6.25. The first-order valence-electron chi connectivity index (χ1n) is 7.53. The Morgan fingerprint density at radius 1 is 1.13 bits per heavy atom. The summed E-state index contributed by atoms with van der Waals surface area (Å²) in [4.78, 5) is 0. The third-order valence-corrected chi connectivity index (χ3v) is 3.74. The summed E-state index contributed by atoms with van der Waals surface area (Å²) in [7, 11) is 1.64. The zero-order chi connectivity index (χ0) is 15.4. The summed E-state index contributed by atoms with van der Waals surface area (Å²) in [6.45, 7) is 1.15. The Morgan fingerprint density at radius 2 is 1.87 bits per heavy atom. The first-order chi connectivity index (χ1) is 10.8. The zero-order valence-electron chi connectivity index (χ0n) is 13.0. The summed E-state index contributed by atoms with van der Waals surface area (Å²) in [5.74, 6) is 1.23. The Labute approximate surface area is 142 Å². The number of benzene rings is 2. The second kappa shape index (κ2) is 8.18. The molecule has 3 nitrogen and oxygen atoms in total. The van der Waals surface area contributed by atoms with E-state index in [4.69, 9.17) is 9.47 Å². The van der Waals surface area contributed by atoms with Crippen molar-refractivity contribution in [3.8, 4) is 11.5 Å². The van der Waals surface area contributed by atoms with E-state index in [9.17, 15) is 4.39 Å². The molecular weight excluding hydrogens is 317 g/mol. The summed E-state index contributed by atoms with van der Waals surface area (Å²) in [6, 6.07) is 12.9. The van der Waals surface area contributed by atoms with Crippen molar-refractivity contribution in [3.63, 3.8) is 0 Å². The van der Waals surface area contributed by atoms with E-state index in [0.717, 1.165) is 29.2 Å². The van der Waals surface area contributed by atoms with E-state index in [-0.39, 0.29) is 18.2 Å². The van der Waals surface area contributed by atoms with Crippen LogP contribution in [0.15, 0.2) is 42.5 Å². The first-order valence-corrected chi connectivity index (χ1v) is 7.53. The molecule has 0 spiro atoms. The summed E-state index contributed by atoms with van der Waals surface area (Å²) in [5.41, 5.74) is 2.00. The maximum atomic E-state index is 12.9. The number of ether oxygens (including phenoxy) is 2. The Morgan fingerprint density at radius 3 is 2.52 bits per heavy atom. The van der Waals surface area contributed by atoms with Crippen molar-refractivity contribution in [3.05, 3.63) is 59.4 Å². The van der Waals surface area contributed by atoms with E-state index in [1.165, 1.54) is 25.0 Å². The number of hydrogen-bond acceptors (Lipinski definition) is 3. The van der Waals surface area contributed by atoms with Gasteiger partial charge in [0.05, 0.1) is 7.11 Å². The van der Waals surface area contributed by atoms with Crippen LogP contribution in [0.2, 0.25) is 0 Å². The van der Waals surface area contributed by atoms with E-state index in [1.54, 1.807) is 19.2 Å². The molecule has 0 unspecified atom stereocenters. The first kappa shape index (κ1) is 17.6. The lowest BCUT2D eigenvalue weighted by Crippen LogP contribution is -2.16. The van der Waals surface area contributed by atoms with Gasteiger partial charge in [-0.25, -0.2) is 4.39 Å². The Hall–Kier alpha value is -1.78. The lowest BCUT2D eigenvalue weighted by molar-refractivity contribution is 0.280. The SMILES string of the molecule is COc1cccc(CNC2CC2)c1OCc1ccc(F)cc1.Cl. The van der Waals surface area contributed by atoms with Crippen LogP contribution in [0, 0.1) is 5.82 Å². The van der Waals surface area contributed by atoms with E-state index in [1.807, 2.05) is 18.2 Å². The molecule has 1 aliphatic carbocycles. The molecular formula is C18H21ClFNO2. The maximum absolute atomic E-state index is 12.9. The van der Waals surface area contributed by atoms with E-state index < -0.39 is 0 Å². The van der Waals surface area contributed by atoms with Gasteiger partial charge in [0.15, 0.2) is 11.5 Å². The number of rotatable bonds is 7. The molecule has 0 atom stereocenters. The molecule has 23 heavy (non-hydrogen) atoms. The number of hydrogen-bond donors (Lipinski definition) is 1. The average molecular weight is 338 g/mol. The van der Waals surface area contributed by atoms with Gasteiger partial charge in [-0.05, 0) is 36.6 Å². The van der Waals surface area contributed by atoms with Crippen LogP contribution in [0.3, 0.4) is 0 Å². The van der Waals surface area contributed by atoms with Crippen molar-refractivity contribution in [2.45, 2.75) is 32.0 Å². The molecule has 0 saturated heterocycles. The van der Waals surface area contributed by atoms with E-state index in [2.05, 4.69) is 5.32 Å². The molecule has 0 amide bonds. The highest BCUT2D eigenvalue weighted by atomic mass is 35.5. The fraction of sp³-hybridized carbons (Fsp3) is 0.333. The molecule has 1 saturated carbocycles. The number of para-hydroxylation sites is 1. The quantitative estimate of drug-likeness (QED) is 0.825. The molecule has 0 aliphatic heterocycles. The molecule has 0 aromatic heterocycles. The van der Waals surface area contributed by atoms with Crippen LogP contribution in [0.25, 0.3) is 0 Å². The van der Waals surface area contributed by atoms with Crippen molar-refractivity contribution in [2.75, 3.05) is 7.11 Å². The van der Waals surface area contributed by atoms with Crippen LogP contribution in [-0.2, 0) is 13.2 Å². The van der Waals surface area contributed by atoms with Crippen LogP contribution < -0.4 is 14.8 Å². The van der Waals surface area contributed by atoms with Gasteiger partial charge < -0.3 is 14.8 Å². The van der Waals surface area contributed by atoms with Crippen LogP contribution in [0.1, 0.15) is 24.0 Å². The van der Waals surface area contributed by atoms with Crippen LogP contribution >= 0.6 is 12.4 Å². The fourth-order valence-electron chi connectivity index (χ4n) is 2.30. The lowest BCUT2D eigenvalue weighted by Gasteiger charge is -2.15. The maximum Gasteiger partial charge on any atom is 0.166 e. The molecule has 124 valence electrons. The Bertz CT molecular complexity index is 629. The highest BCUT2D eigenvalue weighted by molar-refractivity contribution is 5.85. The average Bonchev–Trinajstić information content (AvgIpc) is 3.37. The van der Waals surface area contributed by atoms with E-state index >= 15 is 0 Å². The third-order valence-electron chi connectivity index (χ3n) is 3.74. The summed E-state index contributed by atoms with van der Waals surface area (Å²) in [5, 5.41) is 3.49. The molecule has 1 aliphatic rings. The largest absolute Gasteiger partial charge is 0.493 e. The minimum Gasteiger partial charge on any atom is -0.493 e. The smallest absolute Gasteiger partial charge is 0.166 e. The summed E-state index contributed by atoms with van der Waals surface area (Å²) >= 11 is 0. The van der Waals surface area contributed by atoms with Gasteiger partial charge >= 0.3 is 0 Å². The standard InChI is InChI=1S/C18H20FNO2.ClH/c1-21-17-4-2-3-14(11-20-16-9-10-16)18(17)22-12-13-5-7-15(19)8-6-13;/h2-8,16,20H,9-12H2,1H3;1H. The zero-order valence-corrected chi connectivity index (χ0v) is 13.9. The highest BCUT2D eigenvalue weighted by Crippen LogP contribution is 2.32. The third kappa shape index (κ3) is 4.85. The minimum absolute atomic E-state index is 0. The van der Waals surface area contributed by atoms with Gasteiger partial charge in [0.1, 0.15) is 12.4 Å². The number of nitrogens with one attached hydrogen (secondary N) is 1. The Balaban J connectivity index is 0.00000192. The van der Waals surface area contributed by atoms with Crippen LogP contribution in [0.5, 0.6) is 11.5 Å². The molecule has 0 bridgehead atoms. The fourth-order valence-corrected chi connectivity index (χ4v) is 2.30. The molecule has 5 heteroatoms. The monoisotopic (exact) mass is 337 g/mol. The van der Waals surface area contributed by atoms with Gasteiger partial charge in [0.2, 0.25) is 0 Å². The van der Waals surface area contributed by atoms with Crippen molar-refractivity contribution < 1.29 is 13.9 Å². The molecule has 1 fully saturated rings. The number of halogens is 2. The second-order valence-corrected chi connectivity index (χ2v) is 5.52. The summed E-state index contributed by atoms with van der Waals surface area (Å²) in [6.07, 6.45) is 2.49. The molecule has 0 radical (unpaired) electrons. The van der Waals surface area contributed by atoms with Gasteiger partial charge in [0.25, 0.3) is 0 Å². The second-order valence-electron chi connectivity index (χ2n) is 5.52. The van der Waals surface area contributed by atoms with Crippen molar-refractivity contribution in [2.24, 2.45) is 0 Å². The minimum atomic E-state index is -0.240. The predicted octanol–water partition coefficient (Wildman–Crippen LogP) is 4.09. The normalized spacial score (nSPS) is 13.3. The van der Waals surface area contributed by atoms with Crippen molar-refractivity contribution in [1.82, 2.24) is 5.32 Å². The van der Waals surface area contributed by atoms with Gasteiger partial charge in [0, 0.05) is 18.2 Å². The van der Waals surface area contributed by atoms with Crippen molar-refractivity contribution in [1.29, 1.82) is 0 Å². The molecule has 2 aromatic carbocycles. The van der Waals surface area contributed by atoms with Gasteiger partial charge in [-0.3, -0.25) is 0 Å². The molecule has 3 rings (SSSR count).